The van der Waals surface area contributed by atoms with Gasteiger partial charge in [-0.3, -0.25) is 4.79 Å². The highest BCUT2D eigenvalue weighted by molar-refractivity contribution is 5.90. The molecule has 1 atom stereocenters. The minimum absolute atomic E-state index is 0.186. The molecule has 2 rings (SSSR count). The predicted molar refractivity (Wildman–Crippen MR) is 76.5 cm³/mol. The van der Waals surface area contributed by atoms with Gasteiger partial charge >= 0.3 is 5.97 Å². The summed E-state index contributed by atoms with van der Waals surface area (Å²) in [5, 5.41) is 12.5. The first kappa shape index (κ1) is 14.1. The van der Waals surface area contributed by atoms with Crippen LogP contribution >= 0.6 is 0 Å². The van der Waals surface area contributed by atoms with E-state index in [4.69, 9.17) is 5.11 Å². The summed E-state index contributed by atoms with van der Waals surface area (Å²) in [4.78, 5) is 22.9. The Kier molecular flexibility index (Phi) is 4.08. The van der Waals surface area contributed by atoms with E-state index >= 15 is 0 Å². The molecule has 0 saturated heterocycles. The molecular weight excluding hydrogens is 256 g/mol. The molecule has 1 amide bonds. The Morgan fingerprint density at radius 1 is 1.35 bits per heavy atom. The van der Waals surface area contributed by atoms with Crippen molar-refractivity contribution < 1.29 is 14.7 Å². The Bertz CT molecular complexity index is 646. The summed E-state index contributed by atoms with van der Waals surface area (Å²) in [6, 6.07) is 7.01. The zero-order valence-corrected chi connectivity index (χ0v) is 11.6. The Morgan fingerprint density at radius 3 is 2.70 bits per heavy atom. The van der Waals surface area contributed by atoms with E-state index in [1.807, 2.05) is 42.1 Å². The third-order valence-corrected chi connectivity index (χ3v) is 3.37. The highest BCUT2D eigenvalue weighted by Crippen LogP contribution is 2.20. The molecule has 1 unspecified atom stereocenters. The zero-order valence-electron chi connectivity index (χ0n) is 11.6. The Balaban J connectivity index is 2.16. The van der Waals surface area contributed by atoms with Gasteiger partial charge in [0, 0.05) is 24.1 Å². The van der Waals surface area contributed by atoms with Crippen LogP contribution in [-0.4, -0.2) is 27.6 Å². The van der Waals surface area contributed by atoms with Crippen molar-refractivity contribution in [3.63, 3.8) is 0 Å². The maximum absolute atomic E-state index is 12.0. The summed E-state index contributed by atoms with van der Waals surface area (Å²) >= 11 is 0. The number of amides is 1. The summed E-state index contributed by atoms with van der Waals surface area (Å²) in [6.07, 6.45) is 2.47. The van der Waals surface area contributed by atoms with Crippen molar-refractivity contribution in [2.45, 2.75) is 25.8 Å². The summed E-state index contributed by atoms with van der Waals surface area (Å²) < 4.78 is 1.96. The SMILES string of the molecule is CCC(NC(=O)Cc1cn(C)c2ccccc12)C(=O)O. The van der Waals surface area contributed by atoms with Crippen LogP contribution in [0.2, 0.25) is 0 Å². The third kappa shape index (κ3) is 2.82. The predicted octanol–water partition coefficient (Wildman–Crippen LogP) is 1.70. The van der Waals surface area contributed by atoms with Crippen molar-refractivity contribution >= 4 is 22.8 Å². The maximum atomic E-state index is 12.0. The van der Waals surface area contributed by atoms with Crippen molar-refractivity contribution in [2.24, 2.45) is 7.05 Å². The highest BCUT2D eigenvalue weighted by atomic mass is 16.4. The highest BCUT2D eigenvalue weighted by Gasteiger charge is 2.18. The van der Waals surface area contributed by atoms with E-state index in [1.54, 1.807) is 6.92 Å². The van der Waals surface area contributed by atoms with Gasteiger partial charge in [0.25, 0.3) is 0 Å². The number of rotatable bonds is 5. The number of hydrogen-bond acceptors (Lipinski definition) is 2. The fraction of sp³-hybridized carbons (Fsp3) is 0.333. The van der Waals surface area contributed by atoms with Gasteiger partial charge in [0.2, 0.25) is 5.91 Å². The largest absolute Gasteiger partial charge is 0.480 e. The number of nitrogens with one attached hydrogen (secondary N) is 1. The monoisotopic (exact) mass is 274 g/mol. The molecule has 1 aromatic carbocycles. The van der Waals surface area contributed by atoms with Crippen LogP contribution in [0.3, 0.4) is 0 Å². The molecule has 5 nitrogen and oxygen atoms in total. The molecule has 2 aromatic rings. The van der Waals surface area contributed by atoms with Gasteiger partial charge in [-0.05, 0) is 18.1 Å². The van der Waals surface area contributed by atoms with E-state index in [2.05, 4.69) is 5.32 Å². The first-order valence-corrected chi connectivity index (χ1v) is 6.58. The fourth-order valence-corrected chi connectivity index (χ4v) is 2.32. The molecule has 0 aliphatic rings. The number of benzene rings is 1. The zero-order chi connectivity index (χ0) is 14.7. The minimum atomic E-state index is -1.00. The van der Waals surface area contributed by atoms with Crippen molar-refractivity contribution in [3.05, 3.63) is 36.0 Å². The maximum Gasteiger partial charge on any atom is 0.326 e. The van der Waals surface area contributed by atoms with Gasteiger partial charge in [0.05, 0.1) is 6.42 Å². The van der Waals surface area contributed by atoms with Gasteiger partial charge in [-0.15, -0.1) is 0 Å². The quantitative estimate of drug-likeness (QED) is 0.871. The molecule has 0 aliphatic carbocycles. The molecule has 1 heterocycles. The smallest absolute Gasteiger partial charge is 0.326 e. The van der Waals surface area contributed by atoms with Gasteiger partial charge in [-0.25, -0.2) is 4.79 Å². The number of carbonyl (C=O) groups is 2. The van der Waals surface area contributed by atoms with E-state index < -0.39 is 12.0 Å². The average Bonchev–Trinajstić information content (AvgIpc) is 2.73. The second-order valence-corrected chi connectivity index (χ2v) is 4.83. The molecule has 0 fully saturated rings. The fourth-order valence-electron chi connectivity index (χ4n) is 2.32. The lowest BCUT2D eigenvalue weighted by atomic mass is 10.1. The topological polar surface area (TPSA) is 71.3 Å². The minimum Gasteiger partial charge on any atom is -0.480 e. The van der Waals surface area contributed by atoms with Gasteiger partial charge in [0.15, 0.2) is 0 Å². The van der Waals surface area contributed by atoms with Crippen LogP contribution < -0.4 is 5.32 Å². The third-order valence-electron chi connectivity index (χ3n) is 3.37. The number of carboxylic acid groups (broad SMARTS) is 1. The lowest BCUT2D eigenvalue weighted by Crippen LogP contribution is -2.40. The number of carbonyl (C=O) groups excluding carboxylic acids is 1. The van der Waals surface area contributed by atoms with Gasteiger partial charge < -0.3 is 15.0 Å². The van der Waals surface area contributed by atoms with Crippen LogP contribution in [0.25, 0.3) is 10.9 Å². The van der Waals surface area contributed by atoms with Crippen LogP contribution in [-0.2, 0) is 23.1 Å². The standard InChI is InChI=1S/C15H18N2O3/c1-3-12(15(19)20)16-14(18)8-10-9-17(2)13-7-5-4-6-11(10)13/h4-7,9,12H,3,8H2,1-2H3,(H,16,18)(H,19,20). The summed E-state index contributed by atoms with van der Waals surface area (Å²) in [6.45, 7) is 1.73. The Hall–Kier alpha value is -2.30. The second kappa shape index (κ2) is 5.77. The van der Waals surface area contributed by atoms with Crippen LogP contribution in [0.5, 0.6) is 0 Å². The molecule has 0 bridgehead atoms. The van der Waals surface area contributed by atoms with Gasteiger partial charge in [-0.1, -0.05) is 25.1 Å². The number of aryl methyl sites for hydroxylation is 1. The molecule has 0 radical (unpaired) electrons. The van der Waals surface area contributed by atoms with Crippen LogP contribution in [0, 0.1) is 0 Å². The molecule has 2 N–H and O–H groups in total. The van der Waals surface area contributed by atoms with E-state index in [0.29, 0.717) is 6.42 Å². The first-order chi connectivity index (χ1) is 9.52. The van der Waals surface area contributed by atoms with Crippen LogP contribution in [0.1, 0.15) is 18.9 Å². The van der Waals surface area contributed by atoms with Crippen molar-refractivity contribution in [3.8, 4) is 0 Å². The number of hydrogen-bond donors (Lipinski definition) is 2. The number of aliphatic carboxylic acids is 1. The molecule has 0 aliphatic heterocycles. The summed E-state index contributed by atoms with van der Waals surface area (Å²) in [5.41, 5.74) is 1.96. The Labute approximate surface area is 117 Å². The van der Waals surface area contributed by atoms with E-state index in [-0.39, 0.29) is 12.3 Å². The number of nitrogens with zero attached hydrogens (tertiary/aromatic N) is 1. The number of carboxylic acids is 1. The Morgan fingerprint density at radius 2 is 2.05 bits per heavy atom. The number of para-hydroxylation sites is 1. The van der Waals surface area contributed by atoms with Crippen LogP contribution in [0.4, 0.5) is 0 Å². The molecule has 1 aromatic heterocycles. The summed E-state index contributed by atoms with van der Waals surface area (Å²) in [7, 11) is 1.93. The molecule has 106 valence electrons. The van der Waals surface area contributed by atoms with Crippen molar-refractivity contribution in [1.82, 2.24) is 9.88 Å². The lowest BCUT2D eigenvalue weighted by molar-refractivity contribution is -0.141. The normalized spacial score (nSPS) is 12.3. The molecule has 0 saturated carbocycles. The van der Waals surface area contributed by atoms with E-state index in [9.17, 15) is 9.59 Å². The molecule has 20 heavy (non-hydrogen) atoms. The second-order valence-electron chi connectivity index (χ2n) is 4.83. The number of aromatic nitrogens is 1. The van der Waals surface area contributed by atoms with Crippen molar-refractivity contribution in [1.29, 1.82) is 0 Å². The summed E-state index contributed by atoms with van der Waals surface area (Å²) in [5.74, 6) is -1.27. The average molecular weight is 274 g/mol. The van der Waals surface area contributed by atoms with Gasteiger partial charge in [-0.2, -0.15) is 0 Å². The van der Waals surface area contributed by atoms with Gasteiger partial charge in [0.1, 0.15) is 6.04 Å². The van der Waals surface area contributed by atoms with E-state index in [0.717, 1.165) is 16.5 Å². The van der Waals surface area contributed by atoms with E-state index in [1.165, 1.54) is 0 Å². The first-order valence-electron chi connectivity index (χ1n) is 6.58. The molecular formula is C15H18N2O3. The lowest BCUT2D eigenvalue weighted by Gasteiger charge is -2.11. The molecule has 5 heteroatoms. The molecule has 0 spiro atoms. The van der Waals surface area contributed by atoms with Crippen LogP contribution in [0.15, 0.2) is 30.5 Å². The van der Waals surface area contributed by atoms with Crippen molar-refractivity contribution in [2.75, 3.05) is 0 Å². The number of fused-ring (bicyclic) bond motifs is 1.